The first-order chi connectivity index (χ1) is 7.34. The third-order valence-electron chi connectivity index (χ3n) is 2.73. The molecule has 74 valence electrons. The van der Waals surface area contributed by atoms with E-state index in [1.807, 2.05) is 13.0 Å². The molecule has 1 N–H and O–H groups in total. The third-order valence-corrected chi connectivity index (χ3v) is 2.73. The van der Waals surface area contributed by atoms with Crippen LogP contribution in [0.5, 0.6) is 0 Å². The van der Waals surface area contributed by atoms with Gasteiger partial charge in [-0.15, -0.1) is 0 Å². The lowest BCUT2D eigenvalue weighted by molar-refractivity contribution is 1.24. The van der Waals surface area contributed by atoms with Crippen LogP contribution in [0.2, 0.25) is 0 Å². The molecule has 2 heteroatoms. The van der Waals surface area contributed by atoms with Crippen molar-refractivity contribution < 1.29 is 0 Å². The van der Waals surface area contributed by atoms with Crippen LogP contribution in [-0.4, -0.2) is 11.5 Å². The molecule has 0 aliphatic carbocycles. The summed E-state index contributed by atoms with van der Waals surface area (Å²) in [6, 6.07) is 8.43. The number of aromatic nitrogens is 1. The summed E-state index contributed by atoms with van der Waals surface area (Å²) in [6.07, 6.45) is 4.28. The van der Waals surface area contributed by atoms with Gasteiger partial charge in [-0.1, -0.05) is 30.4 Å². The monoisotopic (exact) mass is 196 g/mol. The minimum atomic E-state index is 0.891. The second-order valence-corrected chi connectivity index (χ2v) is 3.84. The number of nitrogens with one attached hydrogen (secondary N) is 1. The van der Waals surface area contributed by atoms with Gasteiger partial charge < -0.3 is 5.32 Å². The Morgan fingerprint density at radius 2 is 2.07 bits per heavy atom. The Kier molecular flexibility index (Phi) is 1.75. The smallest absolute Gasteiger partial charge is 0.0942 e. The normalized spacial score (nSPS) is 13.7. The number of anilines is 1. The highest BCUT2D eigenvalue weighted by atomic mass is 14.9. The minimum absolute atomic E-state index is 0.891. The highest BCUT2D eigenvalue weighted by Gasteiger charge is 2.08. The van der Waals surface area contributed by atoms with Gasteiger partial charge in [-0.2, -0.15) is 0 Å². The van der Waals surface area contributed by atoms with Crippen molar-refractivity contribution >= 4 is 22.7 Å². The van der Waals surface area contributed by atoms with Gasteiger partial charge in [0.15, 0.2) is 0 Å². The van der Waals surface area contributed by atoms with E-state index in [0.717, 1.165) is 17.8 Å². The second kappa shape index (κ2) is 3.09. The van der Waals surface area contributed by atoms with Gasteiger partial charge in [0.1, 0.15) is 0 Å². The maximum absolute atomic E-state index is 4.59. The van der Waals surface area contributed by atoms with Crippen molar-refractivity contribution in [3.63, 3.8) is 0 Å². The topological polar surface area (TPSA) is 24.9 Å². The molecule has 2 heterocycles. The molecule has 1 aromatic carbocycles. The fourth-order valence-corrected chi connectivity index (χ4v) is 1.97. The predicted octanol–water partition coefficient (Wildman–Crippen LogP) is 2.98. The predicted molar refractivity (Wildman–Crippen MR) is 64.0 cm³/mol. The van der Waals surface area contributed by atoms with E-state index in [9.17, 15) is 0 Å². The van der Waals surface area contributed by atoms with E-state index in [1.54, 1.807) is 0 Å². The SMILES string of the molecule is Cc1ccc2ccc3c(c2n1)NCC=C3. The van der Waals surface area contributed by atoms with Crippen LogP contribution in [0.25, 0.3) is 17.0 Å². The molecule has 0 radical (unpaired) electrons. The molecular formula is C13H12N2. The van der Waals surface area contributed by atoms with Crippen LogP contribution in [0.1, 0.15) is 11.3 Å². The summed E-state index contributed by atoms with van der Waals surface area (Å²) in [6.45, 7) is 2.92. The number of benzene rings is 1. The molecule has 2 aromatic rings. The van der Waals surface area contributed by atoms with Crippen LogP contribution in [0.3, 0.4) is 0 Å². The Hall–Kier alpha value is -1.83. The lowest BCUT2D eigenvalue weighted by Gasteiger charge is -2.15. The van der Waals surface area contributed by atoms with Gasteiger partial charge in [0.25, 0.3) is 0 Å². The fourth-order valence-electron chi connectivity index (χ4n) is 1.97. The highest BCUT2D eigenvalue weighted by Crippen LogP contribution is 2.29. The first-order valence-corrected chi connectivity index (χ1v) is 5.15. The van der Waals surface area contributed by atoms with Crippen LogP contribution < -0.4 is 5.32 Å². The van der Waals surface area contributed by atoms with Crippen molar-refractivity contribution in [1.29, 1.82) is 0 Å². The van der Waals surface area contributed by atoms with Crippen molar-refractivity contribution in [2.24, 2.45) is 0 Å². The Labute approximate surface area is 88.6 Å². The summed E-state index contributed by atoms with van der Waals surface area (Å²) in [5, 5.41) is 4.58. The largest absolute Gasteiger partial charge is 0.379 e. The van der Waals surface area contributed by atoms with Crippen molar-refractivity contribution in [3.8, 4) is 0 Å². The summed E-state index contributed by atoms with van der Waals surface area (Å²) in [5.41, 5.74) is 4.54. The average Bonchev–Trinajstić information content (AvgIpc) is 2.29. The molecule has 0 saturated carbocycles. The summed E-state index contributed by atoms with van der Waals surface area (Å²) in [4.78, 5) is 4.59. The standard InChI is InChI=1S/C13H12N2/c1-9-4-5-11-7-6-10-3-2-8-14-12(10)13(11)15-9/h2-7,14H,8H2,1H3. The quantitative estimate of drug-likeness (QED) is 0.700. The summed E-state index contributed by atoms with van der Waals surface area (Å²) in [7, 11) is 0. The lowest BCUT2D eigenvalue weighted by Crippen LogP contribution is -2.05. The van der Waals surface area contributed by atoms with E-state index in [2.05, 4.69) is 40.7 Å². The fraction of sp³-hybridized carbons (Fsp3) is 0.154. The second-order valence-electron chi connectivity index (χ2n) is 3.84. The van der Waals surface area contributed by atoms with Gasteiger partial charge in [0.05, 0.1) is 11.2 Å². The van der Waals surface area contributed by atoms with Gasteiger partial charge in [-0.25, -0.2) is 0 Å². The third kappa shape index (κ3) is 1.30. The lowest BCUT2D eigenvalue weighted by atomic mass is 10.1. The van der Waals surface area contributed by atoms with Gasteiger partial charge in [-0.05, 0) is 18.6 Å². The average molecular weight is 196 g/mol. The number of hydrogen-bond acceptors (Lipinski definition) is 2. The van der Waals surface area contributed by atoms with Gasteiger partial charge in [0, 0.05) is 17.6 Å². The molecule has 0 fully saturated rings. The molecular weight excluding hydrogens is 184 g/mol. The molecule has 0 unspecified atom stereocenters. The summed E-state index contributed by atoms with van der Waals surface area (Å²) >= 11 is 0. The Morgan fingerprint density at radius 1 is 1.20 bits per heavy atom. The van der Waals surface area contributed by atoms with E-state index < -0.39 is 0 Å². The maximum atomic E-state index is 4.59. The van der Waals surface area contributed by atoms with E-state index in [-0.39, 0.29) is 0 Å². The van der Waals surface area contributed by atoms with E-state index >= 15 is 0 Å². The number of fused-ring (bicyclic) bond motifs is 3. The zero-order valence-corrected chi connectivity index (χ0v) is 8.62. The van der Waals surface area contributed by atoms with Crippen LogP contribution in [0.4, 0.5) is 5.69 Å². The van der Waals surface area contributed by atoms with Gasteiger partial charge in [-0.3, -0.25) is 4.98 Å². The summed E-state index contributed by atoms with van der Waals surface area (Å²) < 4.78 is 0. The first kappa shape index (κ1) is 8.48. The zero-order valence-electron chi connectivity index (χ0n) is 8.62. The number of pyridine rings is 1. The van der Waals surface area contributed by atoms with Crippen molar-refractivity contribution in [2.45, 2.75) is 6.92 Å². The van der Waals surface area contributed by atoms with Crippen LogP contribution >= 0.6 is 0 Å². The van der Waals surface area contributed by atoms with Crippen LogP contribution in [-0.2, 0) is 0 Å². The molecule has 2 nitrogen and oxygen atoms in total. The Bertz CT molecular complexity index is 556. The van der Waals surface area contributed by atoms with Crippen LogP contribution in [0.15, 0.2) is 30.3 Å². The number of nitrogens with zero attached hydrogens (tertiary/aromatic N) is 1. The number of aryl methyl sites for hydroxylation is 1. The van der Waals surface area contributed by atoms with E-state index in [0.29, 0.717) is 0 Å². The molecule has 3 rings (SSSR count). The van der Waals surface area contributed by atoms with Gasteiger partial charge >= 0.3 is 0 Å². The number of hydrogen-bond donors (Lipinski definition) is 1. The highest BCUT2D eigenvalue weighted by molar-refractivity contribution is 5.96. The molecule has 1 aromatic heterocycles. The van der Waals surface area contributed by atoms with Crippen LogP contribution in [0, 0.1) is 6.92 Å². The van der Waals surface area contributed by atoms with E-state index in [4.69, 9.17) is 0 Å². The Morgan fingerprint density at radius 3 is 3.00 bits per heavy atom. The van der Waals surface area contributed by atoms with Crippen molar-refractivity contribution in [1.82, 2.24) is 4.98 Å². The molecule has 0 bridgehead atoms. The summed E-state index contributed by atoms with van der Waals surface area (Å²) in [5.74, 6) is 0. The minimum Gasteiger partial charge on any atom is -0.379 e. The molecule has 0 saturated heterocycles. The van der Waals surface area contributed by atoms with E-state index in [1.165, 1.54) is 16.6 Å². The zero-order chi connectivity index (χ0) is 10.3. The first-order valence-electron chi connectivity index (χ1n) is 5.15. The molecule has 0 atom stereocenters. The number of rotatable bonds is 0. The molecule has 0 amide bonds. The van der Waals surface area contributed by atoms with Crippen molar-refractivity contribution in [3.05, 3.63) is 41.6 Å². The van der Waals surface area contributed by atoms with Crippen molar-refractivity contribution in [2.75, 3.05) is 11.9 Å². The maximum Gasteiger partial charge on any atom is 0.0942 e. The Balaban J connectivity index is 2.40. The molecule has 0 spiro atoms. The van der Waals surface area contributed by atoms with Gasteiger partial charge in [0.2, 0.25) is 0 Å². The molecule has 1 aliphatic rings. The molecule has 15 heavy (non-hydrogen) atoms. The molecule has 1 aliphatic heterocycles.